The van der Waals surface area contributed by atoms with Crippen LogP contribution in [0.25, 0.3) is 0 Å². The number of amides is 2. The number of rotatable bonds is 7. The van der Waals surface area contributed by atoms with Crippen LogP contribution in [0, 0.1) is 5.92 Å². The van der Waals surface area contributed by atoms with Gasteiger partial charge in [-0.25, -0.2) is 0 Å². The summed E-state index contributed by atoms with van der Waals surface area (Å²) in [5, 5.41) is 14.1. The van der Waals surface area contributed by atoms with E-state index in [2.05, 4.69) is 17.1 Å². The Kier molecular flexibility index (Phi) is 9.47. The quantitative estimate of drug-likeness (QED) is 0.579. The van der Waals surface area contributed by atoms with Crippen LogP contribution in [-0.4, -0.2) is 83.3 Å². The van der Waals surface area contributed by atoms with Gasteiger partial charge < -0.3 is 25.0 Å². The van der Waals surface area contributed by atoms with Crippen LogP contribution in [0.5, 0.6) is 0 Å². The highest BCUT2D eigenvalue weighted by Gasteiger charge is 2.54. The van der Waals surface area contributed by atoms with E-state index in [1.54, 1.807) is 0 Å². The van der Waals surface area contributed by atoms with E-state index in [0.29, 0.717) is 31.7 Å². The number of nitrogens with zero attached hydrogens (tertiary/aromatic N) is 2. The number of hydrogen-bond donors (Lipinski definition) is 2. The molecule has 3 heterocycles. The molecule has 3 aliphatic heterocycles. The normalized spacial score (nSPS) is 28.4. The van der Waals surface area contributed by atoms with Crippen LogP contribution in [0.3, 0.4) is 0 Å². The van der Waals surface area contributed by atoms with Crippen LogP contribution < -0.4 is 5.32 Å². The van der Waals surface area contributed by atoms with Gasteiger partial charge in [-0.2, -0.15) is 0 Å². The maximum Gasteiger partial charge on any atom is 0.246 e. The van der Waals surface area contributed by atoms with Crippen molar-refractivity contribution in [2.24, 2.45) is 5.92 Å². The first kappa shape index (κ1) is 26.7. The van der Waals surface area contributed by atoms with Crippen LogP contribution in [-0.2, 0) is 14.3 Å². The second-order valence-corrected chi connectivity index (χ2v) is 10.7. The standard InChI is InChI=1S/C25H43N3O4.ClH/c1-2-3-13-28-22(29)21(18-24(31)9-5-4-6-10-24)26-23(30)25(28)11-14-27(15-12-25)19-20-7-16-32-17-8-20;/h20-21,31H,2-19H2,1H3,(H,26,30);1H/t21-;/m1./s1. The Labute approximate surface area is 205 Å². The number of nitrogens with one attached hydrogen (secondary N) is 1. The van der Waals surface area contributed by atoms with Crippen molar-refractivity contribution in [1.29, 1.82) is 0 Å². The van der Waals surface area contributed by atoms with Gasteiger partial charge in [-0.15, -0.1) is 12.4 Å². The topological polar surface area (TPSA) is 82.1 Å². The van der Waals surface area contributed by atoms with Crippen molar-refractivity contribution in [3.63, 3.8) is 0 Å². The fraction of sp³-hybridized carbons (Fsp3) is 0.920. The van der Waals surface area contributed by atoms with Gasteiger partial charge in [0.05, 0.1) is 5.60 Å². The maximum absolute atomic E-state index is 13.6. The predicted octanol–water partition coefficient (Wildman–Crippen LogP) is 2.88. The van der Waals surface area contributed by atoms with Crippen LogP contribution in [0.1, 0.15) is 84.0 Å². The summed E-state index contributed by atoms with van der Waals surface area (Å²) in [5.74, 6) is 0.703. The molecule has 1 aliphatic carbocycles. The molecule has 190 valence electrons. The number of piperidine rings is 1. The highest BCUT2D eigenvalue weighted by molar-refractivity contribution is 6.00. The molecular formula is C25H44ClN3O4. The summed E-state index contributed by atoms with van der Waals surface area (Å²) < 4.78 is 5.49. The van der Waals surface area contributed by atoms with E-state index < -0.39 is 17.2 Å². The molecule has 33 heavy (non-hydrogen) atoms. The number of unbranched alkanes of at least 4 members (excludes halogenated alkanes) is 1. The van der Waals surface area contributed by atoms with Gasteiger partial charge in [0, 0.05) is 45.8 Å². The van der Waals surface area contributed by atoms with Crippen LogP contribution in [0.4, 0.5) is 0 Å². The SMILES string of the molecule is CCCCN1C(=O)[C@@H](CC2(O)CCCCC2)NC(=O)C12CCN(CC1CCOCC1)CC2.Cl. The van der Waals surface area contributed by atoms with Gasteiger partial charge in [0.2, 0.25) is 11.8 Å². The van der Waals surface area contributed by atoms with Crippen LogP contribution in [0.2, 0.25) is 0 Å². The number of hydrogen-bond acceptors (Lipinski definition) is 5. The van der Waals surface area contributed by atoms with Gasteiger partial charge in [0.25, 0.3) is 0 Å². The summed E-state index contributed by atoms with van der Waals surface area (Å²) in [7, 11) is 0. The molecule has 0 bridgehead atoms. The molecule has 1 atom stereocenters. The van der Waals surface area contributed by atoms with Gasteiger partial charge >= 0.3 is 0 Å². The Morgan fingerprint density at radius 3 is 2.36 bits per heavy atom. The highest BCUT2D eigenvalue weighted by atomic mass is 35.5. The number of carbonyl (C=O) groups is 2. The molecule has 2 amide bonds. The van der Waals surface area contributed by atoms with E-state index in [0.717, 1.165) is 90.6 Å². The molecule has 3 saturated heterocycles. The minimum atomic E-state index is -0.820. The van der Waals surface area contributed by atoms with E-state index >= 15 is 0 Å². The molecule has 8 heteroatoms. The second kappa shape index (κ2) is 11.7. The average molecular weight is 486 g/mol. The Balaban J connectivity index is 0.00000306. The molecule has 1 spiro atoms. The first-order valence-electron chi connectivity index (χ1n) is 13.1. The Morgan fingerprint density at radius 1 is 1.06 bits per heavy atom. The van der Waals surface area contributed by atoms with Crippen molar-refractivity contribution >= 4 is 24.2 Å². The zero-order valence-electron chi connectivity index (χ0n) is 20.4. The fourth-order valence-corrected chi connectivity index (χ4v) is 6.35. The molecule has 0 aromatic carbocycles. The van der Waals surface area contributed by atoms with Crippen LogP contribution in [0.15, 0.2) is 0 Å². The lowest BCUT2D eigenvalue weighted by Crippen LogP contribution is -2.73. The average Bonchev–Trinajstić information content (AvgIpc) is 2.80. The summed E-state index contributed by atoms with van der Waals surface area (Å²) in [5.41, 5.74) is -1.54. The Bertz CT molecular complexity index is 656. The number of ether oxygens (including phenoxy) is 1. The fourth-order valence-electron chi connectivity index (χ4n) is 6.35. The third kappa shape index (κ3) is 6.03. The van der Waals surface area contributed by atoms with Crippen molar-refractivity contribution in [3.8, 4) is 0 Å². The Morgan fingerprint density at radius 2 is 1.73 bits per heavy atom. The molecule has 0 radical (unpaired) electrons. The third-order valence-electron chi connectivity index (χ3n) is 8.45. The molecule has 4 fully saturated rings. The Hall–Kier alpha value is -0.890. The third-order valence-corrected chi connectivity index (χ3v) is 8.45. The second-order valence-electron chi connectivity index (χ2n) is 10.7. The summed E-state index contributed by atoms with van der Waals surface area (Å²) in [4.78, 5) is 31.6. The van der Waals surface area contributed by atoms with E-state index in [9.17, 15) is 14.7 Å². The number of likely N-dealkylation sites (tertiary alicyclic amines) is 1. The lowest BCUT2D eigenvalue weighted by molar-refractivity contribution is -0.163. The largest absolute Gasteiger partial charge is 0.390 e. The maximum atomic E-state index is 13.6. The lowest BCUT2D eigenvalue weighted by Gasteiger charge is -2.52. The minimum Gasteiger partial charge on any atom is -0.390 e. The molecular weight excluding hydrogens is 442 g/mol. The zero-order chi connectivity index (χ0) is 22.6. The number of aliphatic hydroxyl groups is 1. The summed E-state index contributed by atoms with van der Waals surface area (Å²) in [6.45, 7) is 7.26. The summed E-state index contributed by atoms with van der Waals surface area (Å²) >= 11 is 0. The molecule has 0 aromatic heterocycles. The minimum absolute atomic E-state index is 0. The van der Waals surface area contributed by atoms with Gasteiger partial charge in [0.1, 0.15) is 11.6 Å². The van der Waals surface area contributed by atoms with Gasteiger partial charge in [-0.1, -0.05) is 32.6 Å². The van der Waals surface area contributed by atoms with Crippen molar-refractivity contribution in [1.82, 2.24) is 15.1 Å². The highest BCUT2D eigenvalue weighted by Crippen LogP contribution is 2.37. The van der Waals surface area contributed by atoms with E-state index in [1.165, 1.54) is 0 Å². The van der Waals surface area contributed by atoms with Gasteiger partial charge in [0.15, 0.2) is 0 Å². The number of halogens is 1. The van der Waals surface area contributed by atoms with E-state index in [1.807, 2.05) is 4.90 Å². The summed E-state index contributed by atoms with van der Waals surface area (Å²) in [6, 6.07) is -0.589. The monoisotopic (exact) mass is 485 g/mol. The molecule has 2 N–H and O–H groups in total. The molecule has 0 aromatic rings. The van der Waals surface area contributed by atoms with E-state index in [-0.39, 0.29) is 24.2 Å². The molecule has 4 rings (SSSR count). The van der Waals surface area contributed by atoms with E-state index in [4.69, 9.17) is 4.74 Å². The number of piperazine rings is 1. The summed E-state index contributed by atoms with van der Waals surface area (Å²) in [6.07, 6.45) is 10.5. The zero-order valence-corrected chi connectivity index (χ0v) is 21.2. The van der Waals surface area contributed by atoms with Crippen molar-refractivity contribution in [3.05, 3.63) is 0 Å². The smallest absolute Gasteiger partial charge is 0.246 e. The van der Waals surface area contributed by atoms with Gasteiger partial charge in [-0.05, 0) is 50.9 Å². The van der Waals surface area contributed by atoms with Gasteiger partial charge in [-0.3, -0.25) is 9.59 Å². The molecule has 7 nitrogen and oxygen atoms in total. The van der Waals surface area contributed by atoms with Crippen molar-refractivity contribution in [2.45, 2.75) is 101 Å². The predicted molar refractivity (Wildman–Crippen MR) is 130 cm³/mol. The first-order valence-corrected chi connectivity index (χ1v) is 13.1. The lowest BCUT2D eigenvalue weighted by atomic mass is 9.77. The van der Waals surface area contributed by atoms with Crippen molar-refractivity contribution in [2.75, 3.05) is 39.4 Å². The first-order chi connectivity index (χ1) is 15.5. The van der Waals surface area contributed by atoms with Crippen molar-refractivity contribution < 1.29 is 19.4 Å². The molecule has 0 unspecified atom stereocenters. The number of carbonyl (C=O) groups excluding carboxylic acids is 2. The van der Waals surface area contributed by atoms with Crippen LogP contribution >= 0.6 is 12.4 Å². The molecule has 4 aliphatic rings. The molecule has 1 saturated carbocycles.